The minimum Gasteiger partial charge on any atom is -0.401 e. The van der Waals surface area contributed by atoms with E-state index in [1.165, 1.54) is 0 Å². The lowest BCUT2D eigenvalue weighted by molar-refractivity contribution is -0.274. The van der Waals surface area contributed by atoms with Crippen LogP contribution in [0.1, 0.15) is 5.56 Å². The number of aromatic nitrogens is 1. The van der Waals surface area contributed by atoms with E-state index in [2.05, 4.69) is 9.72 Å². The molecule has 0 aliphatic heterocycles. The summed E-state index contributed by atoms with van der Waals surface area (Å²) in [7, 11) is 0. The summed E-state index contributed by atoms with van der Waals surface area (Å²) in [5.41, 5.74) is -0.250. The molecule has 0 aliphatic rings. The van der Waals surface area contributed by atoms with Crippen molar-refractivity contribution >= 4 is 23.2 Å². The summed E-state index contributed by atoms with van der Waals surface area (Å²) in [6.07, 6.45) is -3.99. The van der Waals surface area contributed by atoms with Gasteiger partial charge in [0.1, 0.15) is 11.1 Å². The SMILES string of the molecule is N#Cc1cnc(Cl)c(OC(F)(F)F)c1Cl. The van der Waals surface area contributed by atoms with E-state index in [9.17, 15) is 13.2 Å². The molecule has 1 aromatic heterocycles. The summed E-state index contributed by atoms with van der Waals surface area (Å²) in [6.45, 7) is 0. The summed E-state index contributed by atoms with van der Waals surface area (Å²) in [4.78, 5) is 3.33. The normalized spacial score (nSPS) is 10.9. The first kappa shape index (κ1) is 11.9. The molecule has 0 atom stereocenters. The molecule has 0 aliphatic carbocycles. The predicted molar refractivity (Wildman–Crippen MR) is 45.7 cm³/mol. The molecule has 1 heterocycles. The van der Waals surface area contributed by atoms with Crippen LogP contribution in [0.5, 0.6) is 5.75 Å². The van der Waals surface area contributed by atoms with Gasteiger partial charge in [0.25, 0.3) is 0 Å². The van der Waals surface area contributed by atoms with Gasteiger partial charge in [0, 0.05) is 6.20 Å². The second-order valence-corrected chi connectivity index (χ2v) is 3.00. The lowest BCUT2D eigenvalue weighted by atomic mass is 10.3. The first-order valence-corrected chi connectivity index (χ1v) is 4.10. The average Bonchev–Trinajstić information content (AvgIpc) is 2.11. The van der Waals surface area contributed by atoms with Crippen LogP contribution in [0.25, 0.3) is 0 Å². The fourth-order valence-electron chi connectivity index (χ4n) is 0.730. The lowest BCUT2D eigenvalue weighted by Gasteiger charge is -2.11. The quantitative estimate of drug-likeness (QED) is 0.726. The smallest absolute Gasteiger partial charge is 0.401 e. The number of nitrogens with zero attached hydrogens (tertiary/aromatic N) is 2. The van der Waals surface area contributed by atoms with Crippen LogP contribution in [0.15, 0.2) is 6.20 Å². The van der Waals surface area contributed by atoms with Crippen LogP contribution in [0.3, 0.4) is 0 Å². The zero-order valence-corrected chi connectivity index (χ0v) is 8.28. The summed E-state index contributed by atoms with van der Waals surface area (Å²) in [5, 5.41) is 7.40. The van der Waals surface area contributed by atoms with Crippen molar-refractivity contribution in [3.05, 3.63) is 21.9 Å². The highest BCUT2D eigenvalue weighted by molar-refractivity contribution is 6.37. The standard InChI is InChI=1S/C7HCl2F3N2O/c8-4-3(1-13)2-14-6(9)5(4)15-7(10,11)12/h2H. The highest BCUT2D eigenvalue weighted by Gasteiger charge is 2.34. The number of halogens is 5. The highest BCUT2D eigenvalue weighted by Crippen LogP contribution is 2.36. The Bertz CT molecular complexity index is 427. The van der Waals surface area contributed by atoms with Gasteiger partial charge in [-0.25, -0.2) is 4.98 Å². The second-order valence-electron chi connectivity index (χ2n) is 2.27. The van der Waals surface area contributed by atoms with Crippen LogP contribution in [0, 0.1) is 11.3 Å². The number of nitriles is 1. The Hall–Kier alpha value is -1.19. The molecule has 3 nitrogen and oxygen atoms in total. The molecule has 0 fully saturated rings. The van der Waals surface area contributed by atoms with E-state index >= 15 is 0 Å². The highest BCUT2D eigenvalue weighted by atomic mass is 35.5. The largest absolute Gasteiger partial charge is 0.573 e. The van der Waals surface area contributed by atoms with E-state index in [0.29, 0.717) is 0 Å². The van der Waals surface area contributed by atoms with Crippen molar-refractivity contribution in [1.29, 1.82) is 5.26 Å². The Morgan fingerprint density at radius 3 is 2.47 bits per heavy atom. The topological polar surface area (TPSA) is 45.9 Å². The summed E-state index contributed by atoms with van der Waals surface area (Å²) in [6, 6.07) is 1.55. The van der Waals surface area contributed by atoms with E-state index in [-0.39, 0.29) is 5.56 Å². The number of hydrogen-bond donors (Lipinski definition) is 0. The molecule has 0 N–H and O–H groups in total. The molecular formula is C7HCl2F3N2O. The molecule has 0 unspecified atom stereocenters. The van der Waals surface area contributed by atoms with Crippen LogP contribution < -0.4 is 4.74 Å². The maximum atomic E-state index is 11.9. The molecule has 0 spiro atoms. The van der Waals surface area contributed by atoms with Gasteiger partial charge in [-0.2, -0.15) is 5.26 Å². The lowest BCUT2D eigenvalue weighted by Crippen LogP contribution is -2.18. The number of hydrogen-bond acceptors (Lipinski definition) is 3. The fraction of sp³-hybridized carbons (Fsp3) is 0.143. The molecular weight excluding hydrogens is 256 g/mol. The van der Waals surface area contributed by atoms with Crippen LogP contribution >= 0.6 is 23.2 Å². The number of pyridine rings is 1. The Kier molecular flexibility index (Phi) is 3.27. The van der Waals surface area contributed by atoms with Crippen molar-refractivity contribution in [2.45, 2.75) is 6.36 Å². The predicted octanol–water partition coefficient (Wildman–Crippen LogP) is 3.16. The first-order valence-electron chi connectivity index (χ1n) is 3.35. The zero-order valence-electron chi connectivity index (χ0n) is 6.77. The van der Waals surface area contributed by atoms with Gasteiger partial charge in [-0.15, -0.1) is 13.2 Å². The van der Waals surface area contributed by atoms with E-state index in [4.69, 9.17) is 28.5 Å². The Morgan fingerprint density at radius 1 is 1.40 bits per heavy atom. The van der Waals surface area contributed by atoms with E-state index in [1.807, 2.05) is 0 Å². The molecule has 0 radical (unpaired) electrons. The van der Waals surface area contributed by atoms with Crippen LogP contribution in [-0.4, -0.2) is 11.3 Å². The summed E-state index contributed by atoms with van der Waals surface area (Å²) >= 11 is 10.8. The van der Waals surface area contributed by atoms with Gasteiger partial charge in [0.05, 0.1) is 5.56 Å². The molecule has 1 rings (SSSR count). The van der Waals surface area contributed by atoms with Crippen molar-refractivity contribution < 1.29 is 17.9 Å². The van der Waals surface area contributed by atoms with Gasteiger partial charge in [-0.1, -0.05) is 23.2 Å². The summed E-state index contributed by atoms with van der Waals surface area (Å²) in [5.74, 6) is -0.870. The van der Waals surface area contributed by atoms with Gasteiger partial charge < -0.3 is 4.74 Å². The van der Waals surface area contributed by atoms with Crippen molar-refractivity contribution in [1.82, 2.24) is 4.98 Å². The minimum atomic E-state index is -4.94. The third-order valence-corrected chi connectivity index (χ3v) is 1.91. The number of alkyl halides is 3. The maximum Gasteiger partial charge on any atom is 0.573 e. The monoisotopic (exact) mass is 256 g/mol. The molecule has 80 valence electrons. The molecule has 0 aromatic carbocycles. The van der Waals surface area contributed by atoms with E-state index in [1.54, 1.807) is 6.07 Å². The third-order valence-electron chi connectivity index (χ3n) is 1.27. The number of ether oxygens (including phenoxy) is 1. The summed E-state index contributed by atoms with van der Waals surface area (Å²) < 4.78 is 39.2. The van der Waals surface area contributed by atoms with Gasteiger partial charge in [0.2, 0.25) is 0 Å². The zero-order chi connectivity index (χ0) is 11.6. The third kappa shape index (κ3) is 2.88. The van der Waals surface area contributed by atoms with Crippen LogP contribution in [0.4, 0.5) is 13.2 Å². The molecule has 0 bridgehead atoms. The van der Waals surface area contributed by atoms with Crippen molar-refractivity contribution in [3.8, 4) is 11.8 Å². The van der Waals surface area contributed by atoms with Crippen molar-refractivity contribution in [3.63, 3.8) is 0 Å². The minimum absolute atomic E-state index is 0.250. The van der Waals surface area contributed by atoms with E-state index < -0.39 is 22.3 Å². The Balaban J connectivity index is 3.23. The first-order chi connectivity index (χ1) is 6.85. The molecule has 0 amide bonds. The number of rotatable bonds is 1. The van der Waals surface area contributed by atoms with Gasteiger partial charge in [-0.3, -0.25) is 0 Å². The van der Waals surface area contributed by atoms with Gasteiger partial charge in [0.15, 0.2) is 10.9 Å². The van der Waals surface area contributed by atoms with Crippen LogP contribution in [-0.2, 0) is 0 Å². The molecule has 15 heavy (non-hydrogen) atoms. The van der Waals surface area contributed by atoms with Gasteiger partial charge >= 0.3 is 6.36 Å². The van der Waals surface area contributed by atoms with E-state index in [0.717, 1.165) is 6.20 Å². The van der Waals surface area contributed by atoms with Crippen molar-refractivity contribution in [2.24, 2.45) is 0 Å². The molecule has 0 saturated heterocycles. The average molecular weight is 257 g/mol. The second kappa shape index (κ2) is 4.13. The Labute approximate surface area is 92.0 Å². The van der Waals surface area contributed by atoms with Crippen molar-refractivity contribution in [2.75, 3.05) is 0 Å². The molecule has 1 aromatic rings. The Morgan fingerprint density at radius 2 is 2.00 bits per heavy atom. The van der Waals surface area contributed by atoms with Crippen LogP contribution in [0.2, 0.25) is 10.2 Å². The molecule has 8 heteroatoms. The maximum absolute atomic E-state index is 11.9. The van der Waals surface area contributed by atoms with Gasteiger partial charge in [-0.05, 0) is 0 Å². The molecule has 0 saturated carbocycles. The fourth-order valence-corrected chi connectivity index (χ4v) is 1.18.